The van der Waals surface area contributed by atoms with E-state index in [0.717, 1.165) is 0 Å². The maximum atomic E-state index is 13.4. The van der Waals surface area contributed by atoms with Gasteiger partial charge in [0.25, 0.3) is 0 Å². The summed E-state index contributed by atoms with van der Waals surface area (Å²) in [5.74, 6) is -1.30. The molecule has 0 amide bonds. The van der Waals surface area contributed by atoms with E-state index in [1.165, 1.54) is 18.2 Å². The zero-order valence-electron chi connectivity index (χ0n) is 11.7. The number of hydrogen-bond acceptors (Lipinski definition) is 3. The highest BCUT2D eigenvalue weighted by molar-refractivity contribution is 7.80. The molecule has 0 saturated heterocycles. The van der Waals surface area contributed by atoms with Crippen molar-refractivity contribution in [1.29, 1.82) is 0 Å². The van der Waals surface area contributed by atoms with Crippen LogP contribution in [-0.2, 0) is 0 Å². The molecule has 2 rings (SSSR count). The first-order chi connectivity index (χ1) is 10.5. The molecule has 0 aromatic heterocycles. The van der Waals surface area contributed by atoms with E-state index in [2.05, 4.69) is 16.2 Å². The lowest BCUT2D eigenvalue weighted by Gasteiger charge is -2.13. The van der Waals surface area contributed by atoms with E-state index < -0.39 is 5.97 Å². The highest BCUT2D eigenvalue weighted by Crippen LogP contribution is 2.13. The fraction of sp³-hybridized carbons (Fsp3) is 0.0667. The van der Waals surface area contributed by atoms with Gasteiger partial charge in [0.1, 0.15) is 5.82 Å². The number of carboxylic acids is 1. The summed E-state index contributed by atoms with van der Waals surface area (Å²) in [6, 6.07) is 10.9. The Morgan fingerprint density at radius 3 is 2.36 bits per heavy atom. The predicted octanol–water partition coefficient (Wildman–Crippen LogP) is 3.15. The van der Waals surface area contributed by atoms with Crippen molar-refractivity contribution in [2.24, 2.45) is 0 Å². The van der Waals surface area contributed by atoms with Gasteiger partial charge in [-0.3, -0.25) is 10.9 Å². The van der Waals surface area contributed by atoms with Gasteiger partial charge in [-0.05, 0) is 61.1 Å². The van der Waals surface area contributed by atoms with Crippen LogP contribution in [0.1, 0.15) is 15.9 Å². The van der Waals surface area contributed by atoms with Crippen LogP contribution >= 0.6 is 12.2 Å². The largest absolute Gasteiger partial charge is 0.478 e. The Bertz CT molecular complexity index is 704. The first-order valence-electron chi connectivity index (χ1n) is 6.38. The normalized spacial score (nSPS) is 9.91. The van der Waals surface area contributed by atoms with Gasteiger partial charge in [-0.2, -0.15) is 0 Å². The lowest BCUT2D eigenvalue weighted by Crippen LogP contribution is -2.33. The number of aryl methyl sites for hydroxylation is 1. The Labute approximate surface area is 132 Å². The summed E-state index contributed by atoms with van der Waals surface area (Å²) in [5, 5.41) is 11.9. The maximum absolute atomic E-state index is 13.4. The van der Waals surface area contributed by atoms with Gasteiger partial charge in [0.15, 0.2) is 5.11 Å². The summed E-state index contributed by atoms with van der Waals surface area (Å²) >= 11 is 5.08. The molecule has 0 spiro atoms. The predicted molar refractivity (Wildman–Crippen MR) is 87.5 cm³/mol. The molecule has 0 unspecified atom stereocenters. The topological polar surface area (TPSA) is 73.4 Å². The number of carboxylic acid groups (broad SMARTS) is 1. The molecule has 4 N–H and O–H groups in total. The molecule has 0 bridgehead atoms. The van der Waals surface area contributed by atoms with Gasteiger partial charge in [-0.15, -0.1) is 0 Å². The van der Waals surface area contributed by atoms with E-state index in [0.29, 0.717) is 16.9 Å². The third-order valence-electron chi connectivity index (χ3n) is 2.88. The molecule has 0 aliphatic heterocycles. The number of carbonyl (C=O) groups is 1. The Kier molecular flexibility index (Phi) is 4.90. The Balaban J connectivity index is 1.89. The monoisotopic (exact) mass is 319 g/mol. The van der Waals surface area contributed by atoms with Crippen molar-refractivity contribution in [2.75, 3.05) is 10.7 Å². The van der Waals surface area contributed by atoms with Crippen LogP contribution in [0.15, 0.2) is 42.5 Å². The maximum Gasteiger partial charge on any atom is 0.335 e. The second-order valence-electron chi connectivity index (χ2n) is 4.55. The van der Waals surface area contributed by atoms with Crippen molar-refractivity contribution in [2.45, 2.75) is 6.92 Å². The van der Waals surface area contributed by atoms with Gasteiger partial charge < -0.3 is 10.4 Å². The molecule has 7 heteroatoms. The molecule has 2 aromatic rings. The van der Waals surface area contributed by atoms with Gasteiger partial charge in [-0.25, -0.2) is 9.18 Å². The van der Waals surface area contributed by atoms with E-state index >= 15 is 0 Å². The number of aromatic carboxylic acids is 1. The lowest BCUT2D eigenvalue weighted by molar-refractivity contribution is 0.0697. The fourth-order valence-electron chi connectivity index (χ4n) is 1.66. The van der Waals surface area contributed by atoms with E-state index in [9.17, 15) is 9.18 Å². The van der Waals surface area contributed by atoms with Crippen LogP contribution in [-0.4, -0.2) is 16.2 Å². The first kappa shape index (κ1) is 15.7. The Morgan fingerprint density at radius 1 is 1.14 bits per heavy atom. The molecule has 0 heterocycles. The smallest absolute Gasteiger partial charge is 0.335 e. The van der Waals surface area contributed by atoms with Crippen LogP contribution in [0, 0.1) is 12.7 Å². The van der Waals surface area contributed by atoms with Gasteiger partial charge >= 0.3 is 5.97 Å². The van der Waals surface area contributed by atoms with Crippen molar-refractivity contribution < 1.29 is 14.3 Å². The highest BCUT2D eigenvalue weighted by atomic mass is 32.1. The zero-order valence-corrected chi connectivity index (χ0v) is 12.5. The van der Waals surface area contributed by atoms with Gasteiger partial charge in [0.05, 0.1) is 11.3 Å². The second-order valence-corrected chi connectivity index (χ2v) is 4.96. The van der Waals surface area contributed by atoms with Crippen LogP contribution < -0.4 is 16.2 Å². The SMILES string of the molecule is Cc1ccc(NC(=S)NNc2ccc(C(=O)O)cc2)cc1F. The van der Waals surface area contributed by atoms with Crippen LogP contribution in [0.3, 0.4) is 0 Å². The van der Waals surface area contributed by atoms with Crippen molar-refractivity contribution in [3.05, 3.63) is 59.4 Å². The Morgan fingerprint density at radius 2 is 1.77 bits per heavy atom. The number of anilines is 2. The van der Waals surface area contributed by atoms with Crippen molar-refractivity contribution in [3.8, 4) is 0 Å². The lowest BCUT2D eigenvalue weighted by atomic mass is 10.2. The van der Waals surface area contributed by atoms with E-state index in [-0.39, 0.29) is 16.5 Å². The summed E-state index contributed by atoms with van der Waals surface area (Å²) in [7, 11) is 0. The van der Waals surface area contributed by atoms with Crippen LogP contribution in [0.5, 0.6) is 0 Å². The number of nitrogens with one attached hydrogen (secondary N) is 3. The molecule has 0 radical (unpaired) electrons. The summed E-state index contributed by atoms with van der Waals surface area (Å²) in [6.45, 7) is 1.68. The molecule has 22 heavy (non-hydrogen) atoms. The standard InChI is InChI=1S/C15H14FN3O2S/c1-9-2-5-12(8-13(9)16)17-15(22)19-18-11-6-3-10(4-7-11)14(20)21/h2-8,18H,1H3,(H,20,21)(H2,17,19,22). The molecular formula is C15H14FN3O2S. The van der Waals surface area contributed by atoms with Gasteiger partial charge in [0, 0.05) is 5.69 Å². The van der Waals surface area contributed by atoms with Gasteiger partial charge in [-0.1, -0.05) is 6.07 Å². The molecule has 0 saturated carbocycles. The minimum Gasteiger partial charge on any atom is -0.478 e. The summed E-state index contributed by atoms with van der Waals surface area (Å²) in [5.41, 5.74) is 7.47. The van der Waals surface area contributed by atoms with E-state index in [4.69, 9.17) is 17.3 Å². The minimum absolute atomic E-state index is 0.196. The average molecular weight is 319 g/mol. The van der Waals surface area contributed by atoms with Crippen molar-refractivity contribution in [3.63, 3.8) is 0 Å². The van der Waals surface area contributed by atoms with Gasteiger partial charge in [0.2, 0.25) is 0 Å². The molecule has 0 aliphatic carbocycles. The van der Waals surface area contributed by atoms with Crippen LogP contribution in [0.25, 0.3) is 0 Å². The third kappa shape index (κ3) is 4.16. The number of benzene rings is 2. The molecule has 5 nitrogen and oxygen atoms in total. The van der Waals surface area contributed by atoms with Crippen LogP contribution in [0.2, 0.25) is 0 Å². The number of hydrazine groups is 1. The van der Waals surface area contributed by atoms with Crippen LogP contribution in [0.4, 0.5) is 15.8 Å². The summed E-state index contributed by atoms with van der Waals surface area (Å²) in [6.07, 6.45) is 0. The van der Waals surface area contributed by atoms with Crippen molar-refractivity contribution >= 4 is 34.7 Å². The molecule has 0 fully saturated rings. The third-order valence-corrected chi connectivity index (χ3v) is 3.09. The number of halogens is 1. The molecule has 0 atom stereocenters. The molecule has 2 aromatic carbocycles. The summed E-state index contributed by atoms with van der Waals surface area (Å²) < 4.78 is 13.4. The number of thiocarbonyl (C=S) groups is 1. The van der Waals surface area contributed by atoms with E-state index in [1.54, 1.807) is 31.2 Å². The molecular weight excluding hydrogens is 305 g/mol. The number of hydrogen-bond donors (Lipinski definition) is 4. The van der Waals surface area contributed by atoms with E-state index in [1.807, 2.05) is 0 Å². The second kappa shape index (κ2) is 6.86. The zero-order chi connectivity index (χ0) is 16.1. The van der Waals surface area contributed by atoms with Crippen molar-refractivity contribution in [1.82, 2.24) is 5.43 Å². The number of rotatable bonds is 4. The first-order valence-corrected chi connectivity index (χ1v) is 6.79. The molecule has 114 valence electrons. The summed E-state index contributed by atoms with van der Waals surface area (Å²) in [4.78, 5) is 10.7. The highest BCUT2D eigenvalue weighted by Gasteiger charge is 2.03. The Hall–Kier alpha value is -2.67. The average Bonchev–Trinajstić information content (AvgIpc) is 2.49. The quantitative estimate of drug-likeness (QED) is 0.512. The fourth-order valence-corrected chi connectivity index (χ4v) is 1.83. The molecule has 0 aliphatic rings. The minimum atomic E-state index is -0.988.